The highest BCUT2D eigenvalue weighted by Gasteiger charge is 2.28. The van der Waals surface area contributed by atoms with Gasteiger partial charge in [-0.2, -0.15) is 11.8 Å². The molecular weight excluding hydrogens is 318 g/mol. The van der Waals surface area contributed by atoms with Crippen LogP contribution in [0, 0.1) is 0 Å². The Balaban J connectivity index is 2.08. The van der Waals surface area contributed by atoms with Gasteiger partial charge in [0, 0.05) is 11.3 Å². The molecule has 1 heterocycles. The summed E-state index contributed by atoms with van der Waals surface area (Å²) in [6, 6.07) is 1.26. The summed E-state index contributed by atoms with van der Waals surface area (Å²) < 4.78 is 27.2. The number of hydrogen-bond donors (Lipinski definition) is 2. The first-order chi connectivity index (χ1) is 9.44. The summed E-state index contributed by atoms with van der Waals surface area (Å²) in [7, 11) is -3.74. The lowest BCUT2D eigenvalue weighted by Gasteiger charge is -2.27. The van der Waals surface area contributed by atoms with E-state index in [1.54, 1.807) is 0 Å². The van der Waals surface area contributed by atoms with Crippen LogP contribution in [0.2, 0.25) is 0 Å². The zero-order valence-electron chi connectivity index (χ0n) is 11.0. The van der Waals surface area contributed by atoms with Crippen molar-refractivity contribution in [3.63, 3.8) is 0 Å². The Bertz CT molecular complexity index is 573. The van der Waals surface area contributed by atoms with E-state index in [4.69, 9.17) is 5.11 Å². The van der Waals surface area contributed by atoms with Gasteiger partial charge in [0.05, 0.1) is 0 Å². The highest BCUT2D eigenvalue weighted by atomic mass is 32.2. The predicted molar refractivity (Wildman–Crippen MR) is 81.2 cm³/mol. The first kappa shape index (κ1) is 15.8. The van der Waals surface area contributed by atoms with E-state index in [9.17, 15) is 13.2 Å². The fourth-order valence-electron chi connectivity index (χ4n) is 2.36. The summed E-state index contributed by atoms with van der Waals surface area (Å²) in [5, 5.41) is 11.1. The van der Waals surface area contributed by atoms with Crippen molar-refractivity contribution in [2.45, 2.75) is 41.9 Å². The molecule has 1 fully saturated rings. The molecular formula is C12H17NO4S3. The lowest BCUT2D eigenvalue weighted by molar-refractivity contribution is 0.0698. The smallest absolute Gasteiger partial charge is 0.347 e. The number of carbonyl (C=O) groups is 1. The number of nitrogens with one attached hydrogen (secondary N) is 1. The van der Waals surface area contributed by atoms with Gasteiger partial charge in [-0.25, -0.2) is 17.9 Å². The quantitative estimate of drug-likeness (QED) is 0.863. The monoisotopic (exact) mass is 335 g/mol. The first-order valence-electron chi connectivity index (χ1n) is 6.30. The van der Waals surface area contributed by atoms with Crippen LogP contribution in [-0.2, 0) is 10.0 Å². The van der Waals surface area contributed by atoms with Crippen molar-refractivity contribution in [1.82, 2.24) is 4.72 Å². The lowest BCUT2D eigenvalue weighted by atomic mass is 9.96. The molecule has 2 N–H and O–H groups in total. The Morgan fingerprint density at radius 2 is 2.05 bits per heavy atom. The summed E-state index contributed by atoms with van der Waals surface area (Å²) in [4.78, 5) is 10.8. The van der Waals surface area contributed by atoms with E-state index in [0.29, 0.717) is 5.25 Å². The van der Waals surface area contributed by atoms with E-state index in [2.05, 4.69) is 11.0 Å². The van der Waals surface area contributed by atoms with Gasteiger partial charge in [0.15, 0.2) is 0 Å². The van der Waals surface area contributed by atoms with Crippen molar-refractivity contribution in [2.75, 3.05) is 6.26 Å². The van der Waals surface area contributed by atoms with Crippen LogP contribution in [-0.4, -0.2) is 37.0 Å². The largest absolute Gasteiger partial charge is 0.477 e. The van der Waals surface area contributed by atoms with Crippen molar-refractivity contribution >= 4 is 39.1 Å². The van der Waals surface area contributed by atoms with Crippen molar-refractivity contribution in [3.05, 3.63) is 16.3 Å². The van der Waals surface area contributed by atoms with E-state index in [1.165, 1.54) is 11.4 Å². The fourth-order valence-corrected chi connectivity index (χ4v) is 5.67. The number of carboxylic acids is 1. The van der Waals surface area contributed by atoms with Gasteiger partial charge in [-0.15, -0.1) is 11.3 Å². The van der Waals surface area contributed by atoms with Crippen molar-refractivity contribution in [3.8, 4) is 0 Å². The lowest BCUT2D eigenvalue weighted by Crippen LogP contribution is -2.38. The van der Waals surface area contributed by atoms with Gasteiger partial charge in [-0.3, -0.25) is 0 Å². The summed E-state index contributed by atoms with van der Waals surface area (Å²) in [6.45, 7) is 0. The number of thioether (sulfide) groups is 1. The molecule has 1 aromatic heterocycles. The molecule has 112 valence electrons. The van der Waals surface area contributed by atoms with Gasteiger partial charge in [0.2, 0.25) is 10.0 Å². The van der Waals surface area contributed by atoms with E-state index >= 15 is 0 Å². The maximum Gasteiger partial charge on any atom is 0.347 e. The van der Waals surface area contributed by atoms with Gasteiger partial charge in [-0.1, -0.05) is 0 Å². The zero-order valence-corrected chi connectivity index (χ0v) is 13.5. The van der Waals surface area contributed by atoms with Gasteiger partial charge in [0.25, 0.3) is 0 Å². The SMILES string of the molecule is CSC1CCC(NS(=O)(=O)c2ccsc2C(=O)O)CC1. The number of carboxylic acid groups (broad SMARTS) is 1. The number of rotatable bonds is 5. The van der Waals surface area contributed by atoms with E-state index in [0.717, 1.165) is 37.0 Å². The Kier molecular flexibility index (Phi) is 5.11. The fraction of sp³-hybridized carbons (Fsp3) is 0.583. The second-order valence-corrected chi connectivity index (χ2v) is 8.49. The second-order valence-electron chi connectivity index (χ2n) is 4.75. The predicted octanol–water partition coefficient (Wildman–Crippen LogP) is 2.40. The molecule has 1 aliphatic carbocycles. The van der Waals surface area contributed by atoms with Crippen LogP contribution < -0.4 is 4.72 Å². The van der Waals surface area contributed by atoms with E-state index in [-0.39, 0.29) is 15.8 Å². The van der Waals surface area contributed by atoms with Crippen LogP contribution in [0.3, 0.4) is 0 Å². The van der Waals surface area contributed by atoms with Crippen LogP contribution in [0.15, 0.2) is 16.3 Å². The molecule has 2 rings (SSSR count). The Labute approximate surface area is 126 Å². The molecule has 5 nitrogen and oxygen atoms in total. The average Bonchev–Trinajstić information content (AvgIpc) is 2.89. The van der Waals surface area contributed by atoms with Gasteiger partial charge < -0.3 is 5.11 Å². The molecule has 20 heavy (non-hydrogen) atoms. The molecule has 0 atom stereocenters. The molecule has 0 spiro atoms. The van der Waals surface area contributed by atoms with Gasteiger partial charge in [0.1, 0.15) is 9.77 Å². The minimum absolute atomic E-state index is 0.0926. The molecule has 1 saturated carbocycles. The molecule has 0 amide bonds. The third kappa shape index (κ3) is 3.55. The summed E-state index contributed by atoms with van der Waals surface area (Å²) >= 11 is 2.75. The van der Waals surface area contributed by atoms with Crippen molar-refractivity contribution < 1.29 is 18.3 Å². The first-order valence-corrected chi connectivity index (χ1v) is 9.95. The van der Waals surface area contributed by atoms with Crippen LogP contribution in [0.1, 0.15) is 35.4 Å². The molecule has 0 bridgehead atoms. The highest BCUT2D eigenvalue weighted by Crippen LogP contribution is 2.28. The molecule has 0 aromatic carbocycles. The number of thiophene rings is 1. The Morgan fingerprint density at radius 3 is 2.60 bits per heavy atom. The molecule has 0 saturated heterocycles. The van der Waals surface area contributed by atoms with Crippen molar-refractivity contribution in [1.29, 1.82) is 0 Å². The minimum Gasteiger partial charge on any atom is -0.477 e. The Hall–Kier alpha value is -0.570. The molecule has 0 unspecified atom stereocenters. The standard InChI is InChI=1S/C12H17NO4S3/c1-18-9-4-2-8(3-5-9)13-20(16,17)10-6-7-19-11(10)12(14)15/h6-9,13H,2-5H2,1H3,(H,14,15). The summed E-state index contributed by atoms with van der Waals surface area (Å²) in [5.41, 5.74) is 0. The number of aromatic carboxylic acids is 1. The molecule has 0 radical (unpaired) electrons. The molecule has 0 aliphatic heterocycles. The second kappa shape index (κ2) is 6.46. The Morgan fingerprint density at radius 1 is 1.40 bits per heavy atom. The van der Waals surface area contributed by atoms with Crippen LogP contribution in [0.4, 0.5) is 0 Å². The number of hydrogen-bond acceptors (Lipinski definition) is 5. The maximum absolute atomic E-state index is 12.3. The van der Waals surface area contributed by atoms with Gasteiger partial charge >= 0.3 is 5.97 Å². The minimum atomic E-state index is -3.74. The normalized spacial score (nSPS) is 23.6. The number of sulfonamides is 1. The van der Waals surface area contributed by atoms with E-state index in [1.807, 2.05) is 11.8 Å². The molecule has 1 aliphatic rings. The average molecular weight is 335 g/mol. The topological polar surface area (TPSA) is 83.5 Å². The highest BCUT2D eigenvalue weighted by molar-refractivity contribution is 7.99. The maximum atomic E-state index is 12.3. The van der Waals surface area contributed by atoms with Crippen LogP contribution in [0.25, 0.3) is 0 Å². The third-order valence-electron chi connectivity index (χ3n) is 3.44. The van der Waals surface area contributed by atoms with Crippen LogP contribution in [0.5, 0.6) is 0 Å². The molecule has 8 heteroatoms. The van der Waals surface area contributed by atoms with Crippen molar-refractivity contribution in [2.24, 2.45) is 0 Å². The summed E-state index contributed by atoms with van der Waals surface area (Å²) in [5.74, 6) is -1.20. The van der Waals surface area contributed by atoms with Gasteiger partial charge in [-0.05, 0) is 43.4 Å². The molecule has 1 aromatic rings. The van der Waals surface area contributed by atoms with Crippen LogP contribution >= 0.6 is 23.1 Å². The van der Waals surface area contributed by atoms with E-state index < -0.39 is 16.0 Å². The summed E-state index contributed by atoms with van der Waals surface area (Å²) in [6.07, 6.45) is 5.65. The zero-order chi connectivity index (χ0) is 14.8. The third-order valence-corrected chi connectivity index (χ3v) is 7.17.